The van der Waals surface area contributed by atoms with Crippen molar-refractivity contribution in [3.05, 3.63) is 46.4 Å². The van der Waals surface area contributed by atoms with Gasteiger partial charge in [-0.25, -0.2) is 15.8 Å². The van der Waals surface area contributed by atoms with Gasteiger partial charge in [-0.1, -0.05) is 17.7 Å². The number of nitrogens with one attached hydrogen (secondary N) is 1. The van der Waals surface area contributed by atoms with E-state index in [0.29, 0.717) is 24.8 Å². The Morgan fingerprint density at radius 2 is 2.29 bits per heavy atom. The number of ether oxygens (including phenoxy) is 1. The molecule has 7 heteroatoms. The fourth-order valence-electron chi connectivity index (χ4n) is 2.17. The summed E-state index contributed by atoms with van der Waals surface area (Å²) in [5, 5.41) is 0.729. The van der Waals surface area contributed by atoms with Crippen LogP contribution in [0, 0.1) is 0 Å². The minimum absolute atomic E-state index is 0.510. The van der Waals surface area contributed by atoms with E-state index >= 15 is 0 Å². The second kappa shape index (κ2) is 6.62. The van der Waals surface area contributed by atoms with E-state index in [4.69, 9.17) is 22.2 Å². The van der Waals surface area contributed by atoms with Gasteiger partial charge >= 0.3 is 0 Å². The van der Waals surface area contributed by atoms with E-state index in [1.165, 1.54) is 0 Å². The zero-order valence-corrected chi connectivity index (χ0v) is 12.9. The van der Waals surface area contributed by atoms with Gasteiger partial charge in [0.15, 0.2) is 0 Å². The van der Waals surface area contributed by atoms with Crippen LogP contribution in [0.25, 0.3) is 0 Å². The number of rotatable bonds is 4. The molecule has 0 fully saturated rings. The Bertz CT molecular complexity index is 636. The number of aromatic nitrogens is 2. The summed E-state index contributed by atoms with van der Waals surface area (Å²) in [5.41, 5.74) is 4.62. The highest BCUT2D eigenvalue weighted by Gasteiger charge is 2.17. The molecule has 1 aliphatic heterocycles. The highest BCUT2D eigenvalue weighted by molar-refractivity contribution is 7.98. The van der Waals surface area contributed by atoms with Crippen molar-refractivity contribution in [1.29, 1.82) is 0 Å². The summed E-state index contributed by atoms with van der Waals surface area (Å²) in [6, 6.07) is 7.74. The monoisotopic (exact) mass is 322 g/mol. The molecule has 3 rings (SSSR count). The van der Waals surface area contributed by atoms with Crippen LogP contribution in [0.2, 0.25) is 5.02 Å². The zero-order chi connectivity index (χ0) is 14.7. The number of hydrogen-bond donors (Lipinski definition) is 2. The van der Waals surface area contributed by atoms with Crippen LogP contribution in [0.1, 0.15) is 17.1 Å². The Balaban J connectivity index is 1.79. The maximum Gasteiger partial charge on any atom is 0.149 e. The minimum atomic E-state index is 0.510. The fraction of sp³-hybridized carbons (Fsp3) is 0.286. The smallest absolute Gasteiger partial charge is 0.149 e. The van der Waals surface area contributed by atoms with E-state index in [9.17, 15) is 0 Å². The third-order valence-electron chi connectivity index (χ3n) is 3.17. The molecule has 0 radical (unpaired) electrons. The standard InChI is InChI=1S/C14H15ClN4OS/c15-9-2-1-3-10(6-9)21-8-13-17-12-4-5-20-7-11(12)14(18-13)19-16/h1-3,6H,4-5,7-8,16H2,(H,17,18,19). The summed E-state index contributed by atoms with van der Waals surface area (Å²) in [5.74, 6) is 7.63. The summed E-state index contributed by atoms with van der Waals surface area (Å²) in [7, 11) is 0. The molecule has 1 aromatic carbocycles. The highest BCUT2D eigenvalue weighted by atomic mass is 35.5. The molecular formula is C14H15ClN4OS. The van der Waals surface area contributed by atoms with Crippen LogP contribution >= 0.6 is 23.4 Å². The second-order valence-corrected chi connectivity index (χ2v) is 6.09. The molecule has 2 aromatic rings. The summed E-state index contributed by atoms with van der Waals surface area (Å²) >= 11 is 7.63. The third-order valence-corrected chi connectivity index (χ3v) is 4.39. The first-order valence-electron chi connectivity index (χ1n) is 6.57. The number of thioether (sulfide) groups is 1. The number of nitrogen functional groups attached to an aromatic ring is 1. The van der Waals surface area contributed by atoms with Gasteiger partial charge in [0.25, 0.3) is 0 Å². The largest absolute Gasteiger partial charge is 0.376 e. The SMILES string of the molecule is NNc1nc(CSc2cccc(Cl)c2)nc2c1COCC2. The van der Waals surface area contributed by atoms with Crippen molar-refractivity contribution < 1.29 is 4.74 Å². The van der Waals surface area contributed by atoms with Crippen LogP contribution < -0.4 is 11.3 Å². The lowest BCUT2D eigenvalue weighted by Gasteiger charge is -2.19. The van der Waals surface area contributed by atoms with Gasteiger partial charge in [0, 0.05) is 21.9 Å². The zero-order valence-electron chi connectivity index (χ0n) is 11.3. The third kappa shape index (κ3) is 3.47. The fourth-order valence-corrected chi connectivity index (χ4v) is 3.24. The Morgan fingerprint density at radius 1 is 1.38 bits per heavy atom. The summed E-state index contributed by atoms with van der Waals surface area (Å²) in [4.78, 5) is 10.2. The van der Waals surface area contributed by atoms with E-state index in [0.717, 1.165) is 33.4 Å². The van der Waals surface area contributed by atoms with Crippen molar-refractivity contribution in [3.8, 4) is 0 Å². The van der Waals surface area contributed by atoms with Crippen molar-refractivity contribution in [1.82, 2.24) is 9.97 Å². The predicted molar refractivity (Wildman–Crippen MR) is 84.2 cm³/mol. The number of halogens is 1. The normalized spacial score (nSPS) is 13.8. The Labute approximate surface area is 132 Å². The Hall–Kier alpha value is -1.34. The Morgan fingerprint density at radius 3 is 3.10 bits per heavy atom. The first-order chi connectivity index (χ1) is 10.3. The maximum atomic E-state index is 5.98. The highest BCUT2D eigenvalue weighted by Crippen LogP contribution is 2.27. The molecule has 0 bridgehead atoms. The van der Waals surface area contributed by atoms with Crippen LogP contribution in [0.5, 0.6) is 0 Å². The molecule has 0 atom stereocenters. The molecule has 0 saturated carbocycles. The van der Waals surface area contributed by atoms with Gasteiger partial charge in [-0.3, -0.25) is 0 Å². The second-order valence-electron chi connectivity index (χ2n) is 4.61. The van der Waals surface area contributed by atoms with Gasteiger partial charge in [0.1, 0.15) is 11.6 Å². The number of hydrazine groups is 1. The number of hydrogen-bond acceptors (Lipinski definition) is 6. The van der Waals surface area contributed by atoms with Crippen LogP contribution in [-0.4, -0.2) is 16.6 Å². The number of benzene rings is 1. The molecule has 0 aliphatic carbocycles. The lowest BCUT2D eigenvalue weighted by atomic mass is 10.1. The van der Waals surface area contributed by atoms with E-state index in [1.54, 1.807) is 11.8 Å². The van der Waals surface area contributed by atoms with E-state index in [2.05, 4.69) is 15.4 Å². The van der Waals surface area contributed by atoms with Gasteiger partial charge in [-0.2, -0.15) is 0 Å². The molecule has 0 spiro atoms. The topological polar surface area (TPSA) is 73.1 Å². The summed E-state index contributed by atoms with van der Waals surface area (Å²) in [6.45, 7) is 1.20. The van der Waals surface area contributed by atoms with Crippen LogP contribution in [0.15, 0.2) is 29.2 Å². The molecule has 1 aromatic heterocycles. The van der Waals surface area contributed by atoms with Gasteiger partial charge in [-0.05, 0) is 18.2 Å². The van der Waals surface area contributed by atoms with Gasteiger partial charge in [0.05, 0.1) is 24.7 Å². The van der Waals surface area contributed by atoms with E-state index < -0.39 is 0 Å². The molecule has 0 saturated heterocycles. The number of fused-ring (bicyclic) bond motifs is 1. The molecule has 0 amide bonds. The predicted octanol–water partition coefficient (Wildman–Crippen LogP) is 2.78. The van der Waals surface area contributed by atoms with Crippen molar-refractivity contribution in [2.45, 2.75) is 23.7 Å². The Kier molecular flexibility index (Phi) is 4.60. The van der Waals surface area contributed by atoms with Crippen molar-refractivity contribution in [2.75, 3.05) is 12.0 Å². The van der Waals surface area contributed by atoms with Crippen molar-refractivity contribution in [2.24, 2.45) is 5.84 Å². The number of nitrogens with zero attached hydrogens (tertiary/aromatic N) is 2. The van der Waals surface area contributed by atoms with Crippen LogP contribution in [0.4, 0.5) is 5.82 Å². The minimum Gasteiger partial charge on any atom is -0.376 e. The van der Waals surface area contributed by atoms with Gasteiger partial charge in [-0.15, -0.1) is 11.8 Å². The van der Waals surface area contributed by atoms with Crippen LogP contribution in [0.3, 0.4) is 0 Å². The van der Waals surface area contributed by atoms with E-state index in [1.807, 2.05) is 24.3 Å². The summed E-state index contributed by atoms with van der Waals surface area (Å²) in [6.07, 6.45) is 0.793. The lowest BCUT2D eigenvalue weighted by Crippen LogP contribution is -2.20. The quantitative estimate of drug-likeness (QED) is 0.512. The average molecular weight is 323 g/mol. The summed E-state index contributed by atoms with van der Waals surface area (Å²) < 4.78 is 5.43. The molecule has 21 heavy (non-hydrogen) atoms. The molecule has 2 heterocycles. The molecular weight excluding hydrogens is 308 g/mol. The first-order valence-corrected chi connectivity index (χ1v) is 7.94. The van der Waals surface area contributed by atoms with Gasteiger partial charge in [0.2, 0.25) is 0 Å². The van der Waals surface area contributed by atoms with Crippen LogP contribution in [-0.2, 0) is 23.5 Å². The van der Waals surface area contributed by atoms with E-state index in [-0.39, 0.29) is 0 Å². The molecule has 1 aliphatic rings. The number of nitrogens with two attached hydrogens (primary N) is 1. The average Bonchev–Trinajstić information content (AvgIpc) is 2.52. The molecule has 3 N–H and O–H groups in total. The van der Waals surface area contributed by atoms with Crippen molar-refractivity contribution in [3.63, 3.8) is 0 Å². The lowest BCUT2D eigenvalue weighted by molar-refractivity contribution is 0.109. The first kappa shape index (κ1) is 14.6. The van der Waals surface area contributed by atoms with Crippen molar-refractivity contribution >= 4 is 29.2 Å². The van der Waals surface area contributed by atoms with Gasteiger partial charge < -0.3 is 10.2 Å². The molecule has 5 nitrogen and oxygen atoms in total. The number of anilines is 1. The molecule has 0 unspecified atom stereocenters. The maximum absolute atomic E-state index is 5.98. The molecule has 110 valence electrons.